The van der Waals surface area contributed by atoms with E-state index < -0.39 is 10.0 Å². The molecule has 168 valence electrons. The van der Waals surface area contributed by atoms with Crippen LogP contribution in [-0.4, -0.2) is 79.6 Å². The number of hydrogen-bond acceptors (Lipinski definition) is 6. The van der Waals surface area contributed by atoms with Crippen LogP contribution >= 0.6 is 11.6 Å². The molecule has 11 heteroatoms. The van der Waals surface area contributed by atoms with E-state index in [0.717, 1.165) is 44.0 Å². The second-order valence-electron chi connectivity index (χ2n) is 8.03. The molecule has 0 unspecified atom stereocenters. The van der Waals surface area contributed by atoms with Gasteiger partial charge in [-0.15, -0.1) is 5.10 Å². The van der Waals surface area contributed by atoms with Crippen LogP contribution in [-0.2, 0) is 16.6 Å². The second-order valence-corrected chi connectivity index (χ2v) is 10.2. The number of halogens is 1. The third kappa shape index (κ3) is 5.50. The Hall–Kier alpha value is -2.30. The van der Waals surface area contributed by atoms with E-state index in [2.05, 4.69) is 31.8 Å². The third-order valence-electron chi connectivity index (χ3n) is 5.61. The van der Waals surface area contributed by atoms with Gasteiger partial charge in [0, 0.05) is 68.8 Å². The van der Waals surface area contributed by atoms with Crippen molar-refractivity contribution < 1.29 is 13.2 Å². The number of nitrogens with zero attached hydrogens (tertiary/aromatic N) is 5. The van der Waals surface area contributed by atoms with Crippen molar-refractivity contribution in [3.63, 3.8) is 0 Å². The number of hydrogen-bond donors (Lipinski definition) is 1. The number of rotatable bonds is 5. The molecule has 1 amide bonds. The van der Waals surface area contributed by atoms with Crippen LogP contribution in [0.3, 0.4) is 0 Å². The fourth-order valence-corrected chi connectivity index (χ4v) is 4.74. The van der Waals surface area contributed by atoms with Crippen molar-refractivity contribution in [2.24, 2.45) is 0 Å². The largest absolute Gasteiger partial charge is 0.371 e. The van der Waals surface area contributed by atoms with Gasteiger partial charge in [0.05, 0.1) is 6.26 Å². The predicted octanol–water partition coefficient (Wildman–Crippen LogP) is 2.29. The molecule has 31 heavy (non-hydrogen) atoms. The zero-order chi connectivity index (χ0) is 22.0. The van der Waals surface area contributed by atoms with Gasteiger partial charge in [-0.25, -0.2) is 13.2 Å². The van der Waals surface area contributed by atoms with E-state index in [4.69, 9.17) is 11.6 Å². The Balaban J connectivity index is 1.36. The first kappa shape index (κ1) is 21.9. The summed E-state index contributed by atoms with van der Waals surface area (Å²) in [5.74, 6) is 0.131. The Morgan fingerprint density at radius 2 is 1.81 bits per heavy atom. The molecule has 0 radical (unpaired) electrons. The zero-order valence-electron chi connectivity index (χ0n) is 17.5. The van der Waals surface area contributed by atoms with E-state index in [9.17, 15) is 13.2 Å². The molecule has 1 aromatic heterocycles. The molecule has 1 N–H and O–H groups in total. The molecular formula is C20H27ClN6O3S. The van der Waals surface area contributed by atoms with Gasteiger partial charge in [0.2, 0.25) is 10.0 Å². The van der Waals surface area contributed by atoms with E-state index >= 15 is 0 Å². The Morgan fingerprint density at radius 3 is 2.48 bits per heavy atom. The highest BCUT2D eigenvalue weighted by atomic mass is 35.5. The first-order valence-electron chi connectivity index (χ1n) is 10.4. The number of aromatic nitrogens is 2. The van der Waals surface area contributed by atoms with Crippen LogP contribution in [0.4, 0.5) is 16.3 Å². The molecule has 0 atom stereocenters. The van der Waals surface area contributed by atoms with Crippen molar-refractivity contribution in [2.45, 2.75) is 19.4 Å². The number of carbonyl (C=O) groups excluding carboxylic acids is 1. The van der Waals surface area contributed by atoms with Crippen molar-refractivity contribution >= 4 is 39.2 Å². The number of amides is 1. The van der Waals surface area contributed by atoms with Crippen LogP contribution in [0.1, 0.15) is 18.4 Å². The second kappa shape index (κ2) is 9.05. The minimum Gasteiger partial charge on any atom is -0.371 e. The molecule has 0 aliphatic carbocycles. The first-order chi connectivity index (χ1) is 14.8. The van der Waals surface area contributed by atoms with Gasteiger partial charge < -0.3 is 9.80 Å². The molecule has 2 fully saturated rings. The highest BCUT2D eigenvalue weighted by Crippen LogP contribution is 2.29. The Labute approximate surface area is 187 Å². The monoisotopic (exact) mass is 466 g/mol. The van der Waals surface area contributed by atoms with Crippen LogP contribution in [0.25, 0.3) is 0 Å². The van der Waals surface area contributed by atoms with Crippen LogP contribution in [0.5, 0.6) is 0 Å². The fraction of sp³-hybridized carbons (Fsp3) is 0.500. The van der Waals surface area contributed by atoms with E-state index in [1.807, 2.05) is 6.07 Å². The predicted molar refractivity (Wildman–Crippen MR) is 121 cm³/mol. The van der Waals surface area contributed by atoms with E-state index in [1.54, 1.807) is 4.90 Å². The SMILES string of the molecule is CS(=O)(=O)Nc1ccn(C(=O)N2CCN(Cc3ccc(Cl)cc3N3CCCC3)CC2)n1. The number of piperazine rings is 1. The van der Waals surface area contributed by atoms with Crippen LogP contribution in [0.2, 0.25) is 5.02 Å². The molecule has 3 heterocycles. The third-order valence-corrected chi connectivity index (χ3v) is 6.42. The summed E-state index contributed by atoms with van der Waals surface area (Å²) in [5.41, 5.74) is 2.47. The molecule has 2 aromatic rings. The van der Waals surface area contributed by atoms with Crippen molar-refractivity contribution in [1.29, 1.82) is 0 Å². The Morgan fingerprint density at radius 1 is 1.10 bits per heavy atom. The van der Waals surface area contributed by atoms with Gasteiger partial charge in [-0.1, -0.05) is 17.7 Å². The summed E-state index contributed by atoms with van der Waals surface area (Å²) in [6, 6.07) is 7.31. The average molecular weight is 467 g/mol. The van der Waals surface area contributed by atoms with Gasteiger partial charge in [-0.2, -0.15) is 4.68 Å². The number of benzene rings is 1. The van der Waals surface area contributed by atoms with Gasteiger partial charge in [0.1, 0.15) is 0 Å². The topological polar surface area (TPSA) is 90.8 Å². The van der Waals surface area contributed by atoms with Crippen LogP contribution < -0.4 is 9.62 Å². The van der Waals surface area contributed by atoms with Crippen molar-refractivity contribution in [3.05, 3.63) is 41.0 Å². The summed E-state index contributed by atoms with van der Waals surface area (Å²) in [7, 11) is -3.43. The molecule has 0 bridgehead atoms. The molecule has 2 saturated heterocycles. The van der Waals surface area contributed by atoms with E-state index in [-0.39, 0.29) is 11.8 Å². The van der Waals surface area contributed by atoms with Crippen molar-refractivity contribution in [3.8, 4) is 0 Å². The molecule has 1 aromatic carbocycles. The number of sulfonamides is 1. The van der Waals surface area contributed by atoms with Crippen molar-refractivity contribution in [1.82, 2.24) is 19.6 Å². The molecule has 0 saturated carbocycles. The average Bonchev–Trinajstić information content (AvgIpc) is 3.40. The highest BCUT2D eigenvalue weighted by molar-refractivity contribution is 7.92. The lowest BCUT2D eigenvalue weighted by atomic mass is 10.1. The summed E-state index contributed by atoms with van der Waals surface area (Å²) < 4.78 is 26.1. The normalized spacial score (nSPS) is 17.9. The van der Waals surface area contributed by atoms with Crippen LogP contribution in [0, 0.1) is 0 Å². The highest BCUT2D eigenvalue weighted by Gasteiger charge is 2.24. The summed E-state index contributed by atoms with van der Waals surface area (Å²) in [5, 5.41) is 4.78. The van der Waals surface area contributed by atoms with Gasteiger partial charge >= 0.3 is 6.03 Å². The van der Waals surface area contributed by atoms with Crippen molar-refractivity contribution in [2.75, 3.05) is 55.1 Å². The lowest BCUT2D eigenvalue weighted by molar-refractivity contribution is 0.134. The lowest BCUT2D eigenvalue weighted by Gasteiger charge is -2.35. The summed E-state index contributed by atoms with van der Waals surface area (Å²) in [6.45, 7) is 5.62. The molecule has 2 aliphatic heterocycles. The van der Waals surface area contributed by atoms with Gasteiger partial charge in [0.15, 0.2) is 5.82 Å². The molecule has 0 spiro atoms. The maximum Gasteiger partial charge on any atom is 0.344 e. The number of carbonyl (C=O) groups is 1. The number of nitrogens with one attached hydrogen (secondary N) is 1. The van der Waals surface area contributed by atoms with E-state index in [0.29, 0.717) is 13.1 Å². The maximum atomic E-state index is 12.7. The molecule has 2 aliphatic rings. The van der Waals surface area contributed by atoms with Gasteiger partial charge in [-0.05, 0) is 30.5 Å². The lowest BCUT2D eigenvalue weighted by Crippen LogP contribution is -2.49. The molecule has 4 rings (SSSR count). The van der Waals surface area contributed by atoms with E-state index in [1.165, 1.54) is 41.0 Å². The summed E-state index contributed by atoms with van der Waals surface area (Å²) >= 11 is 6.26. The quantitative estimate of drug-likeness (QED) is 0.727. The molecular weight excluding hydrogens is 440 g/mol. The Bertz CT molecular complexity index is 1040. The zero-order valence-corrected chi connectivity index (χ0v) is 19.1. The van der Waals surface area contributed by atoms with Gasteiger partial charge in [0.25, 0.3) is 0 Å². The maximum absolute atomic E-state index is 12.7. The first-order valence-corrected chi connectivity index (χ1v) is 12.6. The number of anilines is 2. The summed E-state index contributed by atoms with van der Waals surface area (Å²) in [4.78, 5) is 19.2. The minimum absolute atomic E-state index is 0.131. The molecule has 9 nitrogen and oxygen atoms in total. The smallest absolute Gasteiger partial charge is 0.344 e. The van der Waals surface area contributed by atoms with Crippen LogP contribution in [0.15, 0.2) is 30.5 Å². The standard InChI is InChI=1S/C20H27ClN6O3S/c1-31(29,30)23-19-6-9-27(22-19)20(28)26-12-10-24(11-13-26)15-16-4-5-17(21)14-18(16)25-7-2-3-8-25/h4-6,9,14H,2-3,7-8,10-13,15H2,1H3,(H,22,23). The Kier molecular flexibility index (Phi) is 6.40. The minimum atomic E-state index is -3.43. The fourth-order valence-electron chi connectivity index (χ4n) is 4.08. The van der Waals surface area contributed by atoms with Gasteiger partial charge in [-0.3, -0.25) is 9.62 Å². The summed E-state index contributed by atoms with van der Waals surface area (Å²) in [6.07, 6.45) is 4.93.